The summed E-state index contributed by atoms with van der Waals surface area (Å²) >= 11 is 0. The molecule has 2 heterocycles. The van der Waals surface area contributed by atoms with Crippen LogP contribution in [0.3, 0.4) is 0 Å². The zero-order valence-corrected chi connectivity index (χ0v) is 14.0. The van der Waals surface area contributed by atoms with E-state index in [1.165, 1.54) is 0 Å². The van der Waals surface area contributed by atoms with E-state index in [1.807, 2.05) is 6.07 Å². The molecule has 1 aromatic carbocycles. The average molecular weight is 342 g/mol. The molecule has 8 nitrogen and oxygen atoms in total. The highest BCUT2D eigenvalue weighted by Crippen LogP contribution is 2.22. The third-order valence-corrected chi connectivity index (χ3v) is 3.82. The highest BCUT2D eigenvalue weighted by molar-refractivity contribution is 5.81. The van der Waals surface area contributed by atoms with E-state index in [9.17, 15) is 4.79 Å². The minimum Gasteiger partial charge on any atom is -0.481 e. The molecule has 2 aromatic rings. The van der Waals surface area contributed by atoms with Gasteiger partial charge < -0.3 is 18.8 Å². The molecule has 1 aliphatic rings. The fourth-order valence-electron chi connectivity index (χ4n) is 2.59. The molecular weight excluding hydrogens is 324 g/mol. The van der Waals surface area contributed by atoms with E-state index >= 15 is 0 Å². The number of benzene rings is 1. The summed E-state index contributed by atoms with van der Waals surface area (Å²) in [6.07, 6.45) is -1.12. The number of hydrogen-bond donors (Lipinski definition) is 0. The van der Waals surface area contributed by atoms with Crippen LogP contribution >= 0.6 is 0 Å². The summed E-state index contributed by atoms with van der Waals surface area (Å²) in [6, 6.07) is 8.76. The summed E-state index contributed by atoms with van der Waals surface area (Å²) in [5, 5.41) is 16.7. The third-order valence-electron chi connectivity index (χ3n) is 3.82. The molecular formula is C17H18N4O4. The largest absolute Gasteiger partial charge is 0.481 e. The van der Waals surface area contributed by atoms with Crippen molar-refractivity contribution in [1.82, 2.24) is 15.1 Å². The Bertz CT molecular complexity index is 798. The number of amides is 1. The summed E-state index contributed by atoms with van der Waals surface area (Å²) in [5.74, 6) is 1.14. The highest BCUT2D eigenvalue weighted by atomic mass is 16.5. The number of ether oxygens (including phenoxy) is 2. The molecule has 1 aliphatic heterocycles. The molecule has 0 saturated carbocycles. The summed E-state index contributed by atoms with van der Waals surface area (Å²) < 4.78 is 16.7. The Morgan fingerprint density at radius 3 is 3.04 bits per heavy atom. The van der Waals surface area contributed by atoms with Crippen molar-refractivity contribution in [3.8, 4) is 11.8 Å². The first-order valence-electron chi connectivity index (χ1n) is 7.94. The first-order valence-corrected chi connectivity index (χ1v) is 7.94. The van der Waals surface area contributed by atoms with Crippen LogP contribution in [0.15, 0.2) is 28.7 Å². The maximum absolute atomic E-state index is 12.7. The van der Waals surface area contributed by atoms with Gasteiger partial charge in [-0.15, -0.1) is 10.2 Å². The number of morpholine rings is 1. The molecule has 1 saturated heterocycles. The highest BCUT2D eigenvalue weighted by Gasteiger charge is 2.31. The molecule has 25 heavy (non-hydrogen) atoms. The Balaban J connectivity index is 1.64. The molecule has 0 aliphatic carbocycles. The number of aromatic nitrogens is 2. The van der Waals surface area contributed by atoms with Crippen LogP contribution in [-0.2, 0) is 9.53 Å². The van der Waals surface area contributed by atoms with Crippen molar-refractivity contribution in [3.63, 3.8) is 0 Å². The third kappa shape index (κ3) is 3.95. The minimum atomic E-state index is -0.683. The lowest BCUT2D eigenvalue weighted by atomic mass is 10.2. The van der Waals surface area contributed by atoms with E-state index in [4.69, 9.17) is 19.2 Å². The van der Waals surface area contributed by atoms with Gasteiger partial charge in [0.05, 0.1) is 24.8 Å². The number of carbonyl (C=O) groups excluding carboxylic acids is 1. The van der Waals surface area contributed by atoms with Crippen LogP contribution in [0.1, 0.15) is 30.4 Å². The lowest BCUT2D eigenvalue weighted by Crippen LogP contribution is -2.47. The summed E-state index contributed by atoms with van der Waals surface area (Å²) in [5.41, 5.74) is 0.482. The average Bonchev–Trinajstić information content (AvgIpc) is 3.07. The second-order valence-corrected chi connectivity index (χ2v) is 5.70. The number of nitrogens with zero attached hydrogens (tertiary/aromatic N) is 4. The number of rotatable bonds is 4. The van der Waals surface area contributed by atoms with Gasteiger partial charge in [-0.3, -0.25) is 4.79 Å². The zero-order valence-electron chi connectivity index (χ0n) is 14.0. The monoisotopic (exact) mass is 342 g/mol. The van der Waals surface area contributed by atoms with Gasteiger partial charge in [-0.2, -0.15) is 5.26 Å². The van der Waals surface area contributed by atoms with E-state index in [0.29, 0.717) is 42.8 Å². The van der Waals surface area contributed by atoms with Crippen molar-refractivity contribution in [2.24, 2.45) is 0 Å². The Labute approximate surface area is 145 Å². The van der Waals surface area contributed by atoms with Crippen LogP contribution < -0.4 is 4.74 Å². The van der Waals surface area contributed by atoms with Crippen LogP contribution in [0.5, 0.6) is 5.75 Å². The SMILES string of the molecule is Cc1nnc([C@H]2CN(C(=O)[C@H](C)Oc3cccc(C#N)c3)CCO2)o1. The maximum Gasteiger partial charge on any atom is 0.263 e. The number of aryl methyl sites for hydroxylation is 1. The predicted octanol–water partition coefficient (Wildman–Crippen LogP) is 1.62. The van der Waals surface area contributed by atoms with E-state index in [2.05, 4.69) is 10.2 Å². The van der Waals surface area contributed by atoms with Crippen LogP contribution in [0.2, 0.25) is 0 Å². The summed E-state index contributed by atoms with van der Waals surface area (Å²) in [4.78, 5) is 14.3. The molecule has 2 atom stereocenters. The van der Waals surface area contributed by atoms with E-state index < -0.39 is 12.2 Å². The van der Waals surface area contributed by atoms with Gasteiger partial charge in [-0.25, -0.2) is 0 Å². The molecule has 0 spiro atoms. The first-order chi connectivity index (χ1) is 12.1. The van der Waals surface area contributed by atoms with E-state index in [0.717, 1.165) is 0 Å². The number of carbonyl (C=O) groups is 1. The van der Waals surface area contributed by atoms with Crippen molar-refractivity contribution in [2.75, 3.05) is 19.7 Å². The Morgan fingerprint density at radius 2 is 2.32 bits per heavy atom. The number of hydrogen-bond acceptors (Lipinski definition) is 7. The first kappa shape index (κ1) is 16.9. The van der Waals surface area contributed by atoms with E-state index in [-0.39, 0.29) is 5.91 Å². The Hall–Kier alpha value is -2.92. The molecule has 130 valence electrons. The van der Waals surface area contributed by atoms with Gasteiger partial charge in [-0.05, 0) is 25.1 Å². The second kappa shape index (κ2) is 7.32. The van der Waals surface area contributed by atoms with Crippen LogP contribution in [0.4, 0.5) is 0 Å². The fourth-order valence-corrected chi connectivity index (χ4v) is 2.59. The molecule has 0 radical (unpaired) electrons. The standard InChI is InChI=1S/C17H18N4O4/c1-11(24-14-5-3-4-13(8-14)9-18)17(22)21-6-7-23-15(10-21)16-20-19-12(2)25-16/h3-5,8,11,15H,6-7,10H2,1-2H3/t11-,15+/m0/s1. The van der Waals surface area contributed by atoms with Gasteiger partial charge in [0.25, 0.3) is 5.91 Å². The molecule has 1 amide bonds. The van der Waals surface area contributed by atoms with Crippen molar-refractivity contribution < 1.29 is 18.7 Å². The molecule has 8 heteroatoms. The Kier molecular flexibility index (Phi) is 4.95. The van der Waals surface area contributed by atoms with Crippen LogP contribution in [-0.4, -0.2) is 46.8 Å². The predicted molar refractivity (Wildman–Crippen MR) is 85.6 cm³/mol. The van der Waals surface area contributed by atoms with Gasteiger partial charge >= 0.3 is 0 Å². The molecule has 0 unspecified atom stereocenters. The van der Waals surface area contributed by atoms with E-state index in [1.54, 1.807) is 43.0 Å². The van der Waals surface area contributed by atoms with Crippen LogP contribution in [0, 0.1) is 18.3 Å². The van der Waals surface area contributed by atoms with Gasteiger partial charge in [0.1, 0.15) is 5.75 Å². The molecule has 1 aromatic heterocycles. The fraction of sp³-hybridized carbons (Fsp3) is 0.412. The van der Waals surface area contributed by atoms with Crippen molar-refractivity contribution >= 4 is 5.91 Å². The lowest BCUT2D eigenvalue weighted by molar-refractivity contribution is -0.146. The molecule has 0 N–H and O–H groups in total. The maximum atomic E-state index is 12.7. The summed E-state index contributed by atoms with van der Waals surface area (Å²) in [7, 11) is 0. The minimum absolute atomic E-state index is 0.160. The van der Waals surface area contributed by atoms with Crippen molar-refractivity contribution in [1.29, 1.82) is 5.26 Å². The molecule has 0 bridgehead atoms. The zero-order chi connectivity index (χ0) is 17.8. The lowest BCUT2D eigenvalue weighted by Gasteiger charge is -2.32. The van der Waals surface area contributed by atoms with Gasteiger partial charge in [0.15, 0.2) is 12.2 Å². The second-order valence-electron chi connectivity index (χ2n) is 5.70. The van der Waals surface area contributed by atoms with Crippen molar-refractivity contribution in [2.45, 2.75) is 26.1 Å². The quantitative estimate of drug-likeness (QED) is 0.832. The number of nitriles is 1. The molecule has 1 fully saturated rings. The van der Waals surface area contributed by atoms with Gasteiger partial charge in [-0.1, -0.05) is 6.07 Å². The van der Waals surface area contributed by atoms with Gasteiger partial charge in [0, 0.05) is 13.5 Å². The topological polar surface area (TPSA) is 101 Å². The van der Waals surface area contributed by atoms with Gasteiger partial charge in [0.2, 0.25) is 11.8 Å². The van der Waals surface area contributed by atoms with Crippen molar-refractivity contribution in [3.05, 3.63) is 41.6 Å². The smallest absolute Gasteiger partial charge is 0.263 e. The van der Waals surface area contributed by atoms with Crippen LogP contribution in [0.25, 0.3) is 0 Å². The normalized spacial score (nSPS) is 18.4. The Morgan fingerprint density at radius 1 is 1.48 bits per heavy atom. The molecule has 3 rings (SSSR count). The summed E-state index contributed by atoms with van der Waals surface area (Å²) in [6.45, 7) is 4.56.